The molecule has 0 aliphatic heterocycles. The molecule has 1 amide bonds. The Bertz CT molecular complexity index is 839. The summed E-state index contributed by atoms with van der Waals surface area (Å²) in [6.45, 7) is 1.89. The van der Waals surface area contributed by atoms with Gasteiger partial charge in [0.05, 0.1) is 5.69 Å². The zero-order valence-electron chi connectivity index (χ0n) is 13.8. The van der Waals surface area contributed by atoms with E-state index >= 15 is 0 Å². The first-order chi connectivity index (χ1) is 11.5. The van der Waals surface area contributed by atoms with Crippen molar-refractivity contribution >= 4 is 17.5 Å². The molecule has 2 aromatic heterocycles. The largest absolute Gasteiger partial charge is 0.361 e. The van der Waals surface area contributed by atoms with Gasteiger partial charge in [-0.1, -0.05) is 18.2 Å². The van der Waals surface area contributed by atoms with Crippen molar-refractivity contribution in [1.29, 1.82) is 0 Å². The molecule has 0 atom stereocenters. The van der Waals surface area contributed by atoms with Crippen LogP contribution in [-0.4, -0.2) is 40.0 Å². The minimum absolute atomic E-state index is 0.245. The number of rotatable bonds is 4. The molecule has 122 valence electrons. The molecular weight excluding hydrogens is 304 g/mol. The summed E-state index contributed by atoms with van der Waals surface area (Å²) in [5.74, 6) is 0.854. The molecule has 0 spiro atoms. The minimum atomic E-state index is -0.339. The van der Waals surface area contributed by atoms with E-state index in [2.05, 4.69) is 20.6 Å². The van der Waals surface area contributed by atoms with Crippen LogP contribution in [0.4, 0.5) is 11.6 Å². The minimum Gasteiger partial charge on any atom is -0.361 e. The molecule has 0 bridgehead atoms. The Morgan fingerprint density at radius 2 is 1.83 bits per heavy atom. The molecule has 3 rings (SSSR count). The Labute approximate surface area is 139 Å². The van der Waals surface area contributed by atoms with Crippen molar-refractivity contribution in [1.82, 2.24) is 20.0 Å². The number of amides is 1. The maximum atomic E-state index is 12.3. The average molecular weight is 322 g/mol. The number of hydrogen-bond acceptors (Lipinski definition) is 5. The van der Waals surface area contributed by atoms with Crippen LogP contribution in [0.3, 0.4) is 0 Å². The summed E-state index contributed by atoms with van der Waals surface area (Å²) in [7, 11) is 3.73. The van der Waals surface area contributed by atoms with Gasteiger partial charge in [0.2, 0.25) is 0 Å². The third kappa shape index (κ3) is 3.24. The first kappa shape index (κ1) is 15.7. The van der Waals surface area contributed by atoms with Gasteiger partial charge < -0.3 is 10.2 Å². The highest BCUT2D eigenvalue weighted by molar-refractivity contribution is 6.02. The Balaban J connectivity index is 1.78. The molecule has 0 fully saturated rings. The number of benzene rings is 1. The molecule has 0 unspecified atom stereocenters. The fourth-order valence-electron chi connectivity index (χ4n) is 2.15. The highest BCUT2D eigenvalue weighted by Crippen LogP contribution is 2.16. The Hall–Kier alpha value is -3.22. The second-order valence-corrected chi connectivity index (χ2v) is 5.57. The number of nitrogens with zero attached hydrogens (tertiary/aromatic N) is 5. The van der Waals surface area contributed by atoms with Crippen LogP contribution in [-0.2, 0) is 0 Å². The van der Waals surface area contributed by atoms with E-state index in [1.54, 1.807) is 16.8 Å². The Kier molecular flexibility index (Phi) is 4.24. The SMILES string of the molecule is Cc1cn(-c2ccccc2)nc1NC(=O)c1ccc(N(C)C)nn1. The molecular formula is C17H18N6O. The number of aryl methyl sites for hydroxylation is 1. The van der Waals surface area contributed by atoms with Crippen LogP contribution in [0, 0.1) is 6.92 Å². The van der Waals surface area contributed by atoms with Gasteiger partial charge in [0.15, 0.2) is 17.3 Å². The van der Waals surface area contributed by atoms with Crippen LogP contribution in [0.1, 0.15) is 16.1 Å². The maximum absolute atomic E-state index is 12.3. The van der Waals surface area contributed by atoms with Gasteiger partial charge in [-0.25, -0.2) is 4.68 Å². The van der Waals surface area contributed by atoms with Crippen molar-refractivity contribution in [3.63, 3.8) is 0 Å². The van der Waals surface area contributed by atoms with E-state index < -0.39 is 0 Å². The van der Waals surface area contributed by atoms with Crippen LogP contribution in [0.5, 0.6) is 0 Å². The van der Waals surface area contributed by atoms with Crippen molar-refractivity contribution < 1.29 is 4.79 Å². The first-order valence-corrected chi connectivity index (χ1v) is 7.48. The fraction of sp³-hybridized carbons (Fsp3) is 0.176. The average Bonchev–Trinajstić information content (AvgIpc) is 2.96. The van der Waals surface area contributed by atoms with Crippen LogP contribution < -0.4 is 10.2 Å². The molecule has 2 heterocycles. The van der Waals surface area contributed by atoms with Crippen LogP contribution in [0.25, 0.3) is 5.69 Å². The summed E-state index contributed by atoms with van der Waals surface area (Å²) in [4.78, 5) is 14.1. The molecule has 0 aliphatic carbocycles. The maximum Gasteiger partial charge on any atom is 0.277 e. The van der Waals surface area contributed by atoms with Gasteiger partial charge in [0, 0.05) is 25.9 Å². The molecule has 7 nitrogen and oxygen atoms in total. The van der Waals surface area contributed by atoms with Gasteiger partial charge in [-0.3, -0.25) is 4.79 Å². The molecule has 3 aromatic rings. The van der Waals surface area contributed by atoms with E-state index in [4.69, 9.17) is 0 Å². The Morgan fingerprint density at radius 1 is 1.08 bits per heavy atom. The van der Waals surface area contributed by atoms with Gasteiger partial charge >= 0.3 is 0 Å². The lowest BCUT2D eigenvalue weighted by Crippen LogP contribution is -2.17. The van der Waals surface area contributed by atoms with Gasteiger partial charge in [-0.05, 0) is 31.2 Å². The van der Waals surface area contributed by atoms with Crippen LogP contribution >= 0.6 is 0 Å². The van der Waals surface area contributed by atoms with Crippen molar-refractivity contribution in [2.75, 3.05) is 24.3 Å². The molecule has 0 aliphatic rings. The van der Waals surface area contributed by atoms with Crippen molar-refractivity contribution in [2.24, 2.45) is 0 Å². The second-order valence-electron chi connectivity index (χ2n) is 5.57. The lowest BCUT2D eigenvalue weighted by molar-refractivity contribution is 0.102. The third-order valence-electron chi connectivity index (χ3n) is 3.49. The zero-order valence-corrected chi connectivity index (χ0v) is 13.8. The smallest absolute Gasteiger partial charge is 0.277 e. The molecule has 0 saturated heterocycles. The summed E-state index contributed by atoms with van der Waals surface area (Å²) >= 11 is 0. The molecule has 7 heteroatoms. The van der Waals surface area contributed by atoms with E-state index in [1.165, 1.54) is 0 Å². The number of nitrogens with one attached hydrogen (secondary N) is 1. The third-order valence-corrected chi connectivity index (χ3v) is 3.49. The van der Waals surface area contributed by atoms with Crippen LogP contribution in [0.2, 0.25) is 0 Å². The highest BCUT2D eigenvalue weighted by atomic mass is 16.2. The first-order valence-electron chi connectivity index (χ1n) is 7.48. The van der Waals surface area contributed by atoms with E-state index in [1.807, 2.05) is 62.4 Å². The second kappa shape index (κ2) is 6.49. The predicted octanol–water partition coefficient (Wildman–Crippen LogP) is 2.29. The molecule has 1 N–H and O–H groups in total. The molecule has 1 aromatic carbocycles. The number of hydrogen-bond donors (Lipinski definition) is 1. The van der Waals surface area contributed by atoms with E-state index in [0.717, 1.165) is 11.3 Å². The van der Waals surface area contributed by atoms with Crippen LogP contribution in [0.15, 0.2) is 48.7 Å². The van der Waals surface area contributed by atoms with Crippen molar-refractivity contribution in [2.45, 2.75) is 6.92 Å². The van der Waals surface area contributed by atoms with Gasteiger partial charge in [0.25, 0.3) is 5.91 Å². The normalized spacial score (nSPS) is 10.5. The number of aromatic nitrogens is 4. The Morgan fingerprint density at radius 3 is 2.46 bits per heavy atom. The van der Waals surface area contributed by atoms with Crippen molar-refractivity contribution in [3.05, 3.63) is 59.9 Å². The van der Waals surface area contributed by atoms with E-state index in [9.17, 15) is 4.79 Å². The lowest BCUT2D eigenvalue weighted by atomic mass is 10.3. The van der Waals surface area contributed by atoms with Gasteiger partial charge in [0.1, 0.15) is 0 Å². The predicted molar refractivity (Wildman–Crippen MR) is 92.6 cm³/mol. The quantitative estimate of drug-likeness (QED) is 0.797. The lowest BCUT2D eigenvalue weighted by Gasteiger charge is -2.09. The number of carbonyl (C=O) groups excluding carboxylic acids is 1. The monoisotopic (exact) mass is 322 g/mol. The molecule has 0 radical (unpaired) electrons. The molecule has 24 heavy (non-hydrogen) atoms. The summed E-state index contributed by atoms with van der Waals surface area (Å²) in [6, 6.07) is 13.1. The zero-order chi connectivity index (χ0) is 17.1. The van der Waals surface area contributed by atoms with Crippen molar-refractivity contribution in [3.8, 4) is 5.69 Å². The fourth-order valence-corrected chi connectivity index (χ4v) is 2.15. The van der Waals surface area contributed by atoms with Gasteiger partial charge in [-0.15, -0.1) is 15.3 Å². The number of carbonyl (C=O) groups is 1. The summed E-state index contributed by atoms with van der Waals surface area (Å²) in [6.07, 6.45) is 1.87. The number of anilines is 2. The van der Waals surface area contributed by atoms with E-state index in [-0.39, 0.29) is 11.6 Å². The number of para-hydroxylation sites is 1. The molecule has 0 saturated carbocycles. The highest BCUT2D eigenvalue weighted by Gasteiger charge is 2.13. The summed E-state index contributed by atoms with van der Waals surface area (Å²) < 4.78 is 1.73. The van der Waals surface area contributed by atoms with Gasteiger partial charge in [-0.2, -0.15) is 0 Å². The summed E-state index contributed by atoms with van der Waals surface area (Å²) in [5.41, 5.74) is 2.04. The standard InChI is InChI=1S/C17H18N6O/c1-12-11-23(13-7-5-4-6-8-13)21-16(12)18-17(24)14-9-10-15(20-19-14)22(2)3/h4-11H,1-3H3,(H,18,21,24). The summed E-state index contributed by atoms with van der Waals surface area (Å²) in [5, 5.41) is 15.2. The van der Waals surface area contributed by atoms with E-state index in [0.29, 0.717) is 11.6 Å². The topological polar surface area (TPSA) is 75.9 Å².